The smallest absolute Gasteiger partial charge is 0.225 e. The lowest BCUT2D eigenvalue weighted by atomic mass is 10.2. The van der Waals surface area contributed by atoms with Gasteiger partial charge in [0.25, 0.3) is 0 Å². The minimum atomic E-state index is -0.122. The van der Waals surface area contributed by atoms with Crippen molar-refractivity contribution in [3.63, 3.8) is 0 Å². The van der Waals surface area contributed by atoms with Crippen molar-refractivity contribution in [1.29, 1.82) is 0 Å². The molecule has 0 unspecified atom stereocenters. The van der Waals surface area contributed by atoms with Crippen LogP contribution < -0.4 is 10.6 Å². The van der Waals surface area contributed by atoms with E-state index in [9.17, 15) is 9.59 Å². The Balaban J connectivity index is 1.77. The summed E-state index contributed by atoms with van der Waals surface area (Å²) < 4.78 is 1.92. The fourth-order valence-corrected chi connectivity index (χ4v) is 2.66. The van der Waals surface area contributed by atoms with Gasteiger partial charge in [-0.15, -0.1) is 0 Å². The third kappa shape index (κ3) is 4.92. The van der Waals surface area contributed by atoms with Gasteiger partial charge in [-0.1, -0.05) is 11.8 Å². The molecule has 0 spiro atoms. The number of rotatable bonds is 6. The van der Waals surface area contributed by atoms with Crippen LogP contribution in [0.1, 0.15) is 13.3 Å². The number of benzene rings is 1. The van der Waals surface area contributed by atoms with Crippen molar-refractivity contribution in [1.82, 2.24) is 9.55 Å². The summed E-state index contributed by atoms with van der Waals surface area (Å²) in [7, 11) is 1.92. The Morgan fingerprint density at radius 3 is 2.36 bits per heavy atom. The molecule has 1 aromatic heterocycles. The van der Waals surface area contributed by atoms with Crippen molar-refractivity contribution in [2.75, 3.05) is 16.4 Å². The molecule has 1 heterocycles. The Kier molecular flexibility index (Phi) is 5.60. The fraction of sp³-hybridized carbons (Fsp3) is 0.267. The van der Waals surface area contributed by atoms with Crippen LogP contribution in [0.4, 0.5) is 11.4 Å². The molecule has 6 nitrogen and oxygen atoms in total. The van der Waals surface area contributed by atoms with E-state index < -0.39 is 0 Å². The summed E-state index contributed by atoms with van der Waals surface area (Å²) in [6.07, 6.45) is 4.02. The van der Waals surface area contributed by atoms with Gasteiger partial charge in [-0.05, 0) is 24.3 Å². The molecule has 2 N–H and O–H groups in total. The van der Waals surface area contributed by atoms with E-state index in [1.54, 1.807) is 42.2 Å². The highest BCUT2D eigenvalue weighted by Crippen LogP contribution is 2.17. The van der Waals surface area contributed by atoms with Gasteiger partial charge in [0.2, 0.25) is 11.8 Å². The zero-order valence-electron chi connectivity index (χ0n) is 12.5. The molecule has 0 saturated carbocycles. The number of imidazole rings is 1. The second-order valence-electron chi connectivity index (χ2n) is 4.73. The van der Waals surface area contributed by atoms with Crippen molar-refractivity contribution in [2.45, 2.75) is 18.5 Å². The standard InChI is InChI=1S/C15H18N4O2S/c1-11(20)17-12-3-5-13(6-4-12)18-14(21)7-10-22-15-16-8-9-19(15)2/h3-6,8-9H,7,10H2,1-2H3,(H,17,20)(H,18,21). The monoisotopic (exact) mass is 318 g/mol. The van der Waals surface area contributed by atoms with E-state index in [-0.39, 0.29) is 11.8 Å². The van der Waals surface area contributed by atoms with Crippen LogP contribution in [0.5, 0.6) is 0 Å². The van der Waals surface area contributed by atoms with Gasteiger partial charge in [-0.25, -0.2) is 4.98 Å². The number of nitrogens with zero attached hydrogens (tertiary/aromatic N) is 2. The van der Waals surface area contributed by atoms with E-state index in [0.29, 0.717) is 23.5 Å². The van der Waals surface area contributed by atoms with Gasteiger partial charge in [0.05, 0.1) is 0 Å². The minimum absolute atomic E-state index is 0.0472. The third-order valence-electron chi connectivity index (χ3n) is 2.83. The number of carbonyl (C=O) groups is 2. The predicted molar refractivity (Wildman–Crippen MR) is 87.9 cm³/mol. The average Bonchev–Trinajstić information content (AvgIpc) is 2.86. The largest absolute Gasteiger partial charge is 0.329 e. The van der Waals surface area contributed by atoms with E-state index in [1.165, 1.54) is 6.92 Å². The lowest BCUT2D eigenvalue weighted by molar-refractivity contribution is -0.116. The van der Waals surface area contributed by atoms with E-state index in [2.05, 4.69) is 15.6 Å². The van der Waals surface area contributed by atoms with Crippen molar-refractivity contribution in [3.05, 3.63) is 36.7 Å². The van der Waals surface area contributed by atoms with Crippen molar-refractivity contribution >= 4 is 35.0 Å². The number of carbonyl (C=O) groups excluding carboxylic acids is 2. The summed E-state index contributed by atoms with van der Waals surface area (Å²) in [6, 6.07) is 7.02. The van der Waals surface area contributed by atoms with Gasteiger partial charge < -0.3 is 15.2 Å². The molecule has 22 heavy (non-hydrogen) atoms. The third-order valence-corrected chi connectivity index (χ3v) is 3.89. The molecule has 0 atom stereocenters. The minimum Gasteiger partial charge on any atom is -0.329 e. The Hall–Kier alpha value is -2.28. The maximum atomic E-state index is 11.9. The summed E-state index contributed by atoms with van der Waals surface area (Å²) in [4.78, 5) is 27.0. The van der Waals surface area contributed by atoms with Crippen molar-refractivity contribution < 1.29 is 9.59 Å². The topological polar surface area (TPSA) is 76.0 Å². The van der Waals surface area contributed by atoms with Crippen molar-refractivity contribution in [2.24, 2.45) is 7.05 Å². The summed E-state index contributed by atoms with van der Waals surface area (Å²) in [5.41, 5.74) is 1.41. The SMILES string of the molecule is CC(=O)Nc1ccc(NC(=O)CCSc2nccn2C)cc1. The number of aryl methyl sites for hydroxylation is 1. The average molecular weight is 318 g/mol. The molecule has 0 saturated heterocycles. The van der Waals surface area contributed by atoms with Crippen molar-refractivity contribution in [3.8, 4) is 0 Å². The Labute approximate surface area is 133 Å². The first-order chi connectivity index (χ1) is 10.5. The molecule has 2 aromatic rings. The zero-order chi connectivity index (χ0) is 15.9. The van der Waals surface area contributed by atoms with Crippen LogP contribution in [0, 0.1) is 0 Å². The Morgan fingerprint density at radius 2 is 1.82 bits per heavy atom. The van der Waals surface area contributed by atoms with Crippen LogP contribution in [-0.4, -0.2) is 27.1 Å². The summed E-state index contributed by atoms with van der Waals surface area (Å²) in [6.45, 7) is 1.45. The molecule has 7 heteroatoms. The number of anilines is 2. The van der Waals surface area contributed by atoms with Crippen LogP contribution in [0.25, 0.3) is 0 Å². The summed E-state index contributed by atoms with van der Waals surface area (Å²) >= 11 is 1.55. The highest BCUT2D eigenvalue weighted by atomic mass is 32.2. The molecule has 0 fully saturated rings. The van der Waals surface area contributed by atoms with Gasteiger partial charge in [-0.2, -0.15) is 0 Å². The number of thioether (sulfide) groups is 1. The van der Waals surface area contributed by atoms with Crippen LogP contribution >= 0.6 is 11.8 Å². The predicted octanol–water partition coefficient (Wildman–Crippen LogP) is 2.50. The van der Waals surface area contributed by atoms with E-state index >= 15 is 0 Å². The molecule has 0 aliphatic carbocycles. The van der Waals surface area contributed by atoms with Crippen LogP contribution in [0.2, 0.25) is 0 Å². The highest BCUT2D eigenvalue weighted by Gasteiger charge is 2.05. The molecule has 2 rings (SSSR count). The van der Waals surface area contributed by atoms with Gasteiger partial charge >= 0.3 is 0 Å². The van der Waals surface area contributed by atoms with E-state index in [1.807, 2.05) is 17.8 Å². The maximum Gasteiger partial charge on any atom is 0.225 e. The molecule has 116 valence electrons. The first-order valence-corrected chi connectivity index (χ1v) is 7.81. The van der Waals surface area contributed by atoms with Gasteiger partial charge in [0, 0.05) is 49.9 Å². The quantitative estimate of drug-likeness (QED) is 0.802. The first-order valence-electron chi connectivity index (χ1n) is 6.82. The molecule has 1 aromatic carbocycles. The lowest BCUT2D eigenvalue weighted by Gasteiger charge is -2.07. The number of nitrogens with one attached hydrogen (secondary N) is 2. The molecular formula is C15H18N4O2S. The van der Waals surface area contributed by atoms with Crippen LogP contribution in [0.3, 0.4) is 0 Å². The number of hydrogen-bond acceptors (Lipinski definition) is 4. The summed E-state index contributed by atoms with van der Waals surface area (Å²) in [5, 5.41) is 6.40. The molecule has 0 aliphatic rings. The van der Waals surface area contributed by atoms with Gasteiger partial charge in [0.1, 0.15) is 0 Å². The fourth-order valence-electron chi connectivity index (χ4n) is 1.79. The molecule has 0 radical (unpaired) electrons. The van der Waals surface area contributed by atoms with Crippen LogP contribution in [0.15, 0.2) is 41.8 Å². The first kappa shape index (κ1) is 16.1. The van der Waals surface area contributed by atoms with E-state index in [0.717, 1.165) is 5.16 Å². The summed E-state index contributed by atoms with van der Waals surface area (Å²) in [5.74, 6) is 0.498. The Bertz CT molecular complexity index is 652. The molecule has 0 bridgehead atoms. The number of amides is 2. The van der Waals surface area contributed by atoms with Gasteiger partial charge in [0.15, 0.2) is 5.16 Å². The normalized spacial score (nSPS) is 10.3. The highest BCUT2D eigenvalue weighted by molar-refractivity contribution is 7.99. The molecule has 2 amide bonds. The zero-order valence-corrected chi connectivity index (χ0v) is 13.3. The maximum absolute atomic E-state index is 11.9. The van der Waals surface area contributed by atoms with Crippen LogP contribution in [-0.2, 0) is 16.6 Å². The van der Waals surface area contributed by atoms with Gasteiger partial charge in [-0.3, -0.25) is 9.59 Å². The lowest BCUT2D eigenvalue weighted by Crippen LogP contribution is -2.12. The second-order valence-corrected chi connectivity index (χ2v) is 5.79. The number of hydrogen-bond donors (Lipinski definition) is 2. The van der Waals surface area contributed by atoms with E-state index in [4.69, 9.17) is 0 Å². The molecule has 0 aliphatic heterocycles. The second kappa shape index (κ2) is 7.65. The molecular weight excluding hydrogens is 300 g/mol. The Morgan fingerprint density at radius 1 is 1.18 bits per heavy atom. The number of aromatic nitrogens is 2.